The van der Waals surface area contributed by atoms with Crippen LogP contribution in [0.25, 0.3) is 0 Å². The summed E-state index contributed by atoms with van der Waals surface area (Å²) in [5, 5.41) is -0.295. The molecule has 1 aliphatic carbocycles. The number of carbonyl (C=O) groups excluding carboxylic acids is 1. The standard InChI is InChI=1S/C24H21NO4S/c26-24-15-23(30(27)25-24)16-9-11-18(12-10-16)29-22-14-13-20-19(22)7-4-8-21(20)28-17-5-2-1-3-6-17/h1-12,22-23H,13-15H2,(H,25,26)/t22-,23?,30?/m1/s1. The quantitative estimate of drug-likeness (QED) is 0.647. The topological polar surface area (TPSA) is 64.6 Å². The van der Waals surface area contributed by atoms with Gasteiger partial charge in [0.1, 0.15) is 34.3 Å². The molecule has 0 bridgehead atoms. The number of amides is 1. The number of carbonyl (C=O) groups is 1. The van der Waals surface area contributed by atoms with E-state index in [1.807, 2.05) is 66.7 Å². The molecule has 1 heterocycles. The summed E-state index contributed by atoms with van der Waals surface area (Å²) in [6.07, 6.45) is 2.01. The Morgan fingerprint density at radius 3 is 2.43 bits per heavy atom. The molecule has 0 radical (unpaired) electrons. The molecule has 1 fully saturated rings. The van der Waals surface area contributed by atoms with Crippen LogP contribution in [0.4, 0.5) is 0 Å². The van der Waals surface area contributed by atoms with E-state index in [9.17, 15) is 9.00 Å². The van der Waals surface area contributed by atoms with E-state index in [1.54, 1.807) is 0 Å². The Labute approximate surface area is 177 Å². The monoisotopic (exact) mass is 419 g/mol. The molecule has 3 atom stereocenters. The number of hydrogen-bond donors (Lipinski definition) is 1. The Morgan fingerprint density at radius 2 is 1.70 bits per heavy atom. The van der Waals surface area contributed by atoms with Gasteiger partial charge in [0.15, 0.2) is 0 Å². The minimum absolute atomic E-state index is 0.0333. The maximum atomic E-state index is 12.0. The van der Waals surface area contributed by atoms with Gasteiger partial charge < -0.3 is 9.47 Å². The molecule has 3 aromatic rings. The van der Waals surface area contributed by atoms with E-state index in [0.29, 0.717) is 0 Å². The van der Waals surface area contributed by atoms with Crippen LogP contribution in [-0.4, -0.2) is 10.1 Å². The van der Waals surface area contributed by atoms with E-state index < -0.39 is 11.0 Å². The second-order valence-electron chi connectivity index (χ2n) is 7.47. The first-order valence-electron chi connectivity index (χ1n) is 9.99. The second kappa shape index (κ2) is 7.95. The molecule has 0 spiro atoms. The van der Waals surface area contributed by atoms with Crippen molar-refractivity contribution >= 4 is 16.9 Å². The van der Waals surface area contributed by atoms with Crippen molar-refractivity contribution < 1.29 is 18.5 Å². The van der Waals surface area contributed by atoms with Crippen LogP contribution in [0.1, 0.15) is 40.9 Å². The third-order valence-electron chi connectivity index (χ3n) is 5.52. The van der Waals surface area contributed by atoms with Gasteiger partial charge in [0.2, 0.25) is 5.91 Å². The van der Waals surface area contributed by atoms with Gasteiger partial charge in [-0.3, -0.25) is 9.52 Å². The molecule has 3 aromatic carbocycles. The highest BCUT2D eigenvalue weighted by molar-refractivity contribution is 7.84. The van der Waals surface area contributed by atoms with Gasteiger partial charge in [-0.15, -0.1) is 0 Å². The van der Waals surface area contributed by atoms with E-state index in [4.69, 9.17) is 9.47 Å². The zero-order valence-corrected chi connectivity index (χ0v) is 17.1. The fourth-order valence-corrected chi connectivity index (χ4v) is 5.21. The zero-order chi connectivity index (χ0) is 20.5. The highest BCUT2D eigenvalue weighted by atomic mass is 32.2. The summed E-state index contributed by atoms with van der Waals surface area (Å²) in [4.78, 5) is 11.5. The van der Waals surface area contributed by atoms with Crippen LogP contribution in [0, 0.1) is 0 Å². The summed E-state index contributed by atoms with van der Waals surface area (Å²) >= 11 is 0. The van der Waals surface area contributed by atoms with Gasteiger partial charge in [0.25, 0.3) is 0 Å². The fraction of sp³-hybridized carbons (Fsp3) is 0.208. The van der Waals surface area contributed by atoms with Crippen LogP contribution in [0.2, 0.25) is 0 Å². The first kappa shape index (κ1) is 18.9. The molecule has 1 N–H and O–H groups in total. The molecule has 1 amide bonds. The van der Waals surface area contributed by atoms with Crippen molar-refractivity contribution in [3.63, 3.8) is 0 Å². The SMILES string of the molecule is O=C1CC(c2ccc(O[C@@H]3CCc4c(Oc5ccccc5)cccc43)cc2)S(=O)N1. The molecule has 0 aromatic heterocycles. The van der Waals surface area contributed by atoms with Crippen molar-refractivity contribution in [3.05, 3.63) is 89.5 Å². The largest absolute Gasteiger partial charge is 0.486 e. The lowest BCUT2D eigenvalue weighted by Gasteiger charge is -2.16. The van der Waals surface area contributed by atoms with Crippen molar-refractivity contribution in [1.82, 2.24) is 4.72 Å². The third-order valence-corrected chi connectivity index (χ3v) is 6.90. The maximum Gasteiger partial charge on any atom is 0.233 e. The first-order valence-corrected chi connectivity index (χ1v) is 11.2. The lowest BCUT2D eigenvalue weighted by molar-refractivity contribution is -0.118. The van der Waals surface area contributed by atoms with Crippen LogP contribution < -0.4 is 14.2 Å². The molecular weight excluding hydrogens is 398 g/mol. The lowest BCUT2D eigenvalue weighted by Crippen LogP contribution is -2.15. The van der Waals surface area contributed by atoms with Gasteiger partial charge in [-0.2, -0.15) is 0 Å². The van der Waals surface area contributed by atoms with Crippen molar-refractivity contribution in [2.45, 2.75) is 30.6 Å². The Hall–Kier alpha value is -3.12. The minimum atomic E-state index is -1.36. The van der Waals surface area contributed by atoms with Crippen LogP contribution >= 0.6 is 0 Å². The van der Waals surface area contributed by atoms with Crippen molar-refractivity contribution in [3.8, 4) is 17.2 Å². The number of hydrogen-bond acceptors (Lipinski definition) is 4. The summed E-state index contributed by atoms with van der Waals surface area (Å²) in [5.41, 5.74) is 3.22. The summed E-state index contributed by atoms with van der Waals surface area (Å²) in [7, 11) is -1.36. The van der Waals surface area contributed by atoms with Crippen LogP contribution in [0.15, 0.2) is 72.8 Å². The molecule has 2 unspecified atom stereocenters. The van der Waals surface area contributed by atoms with Crippen molar-refractivity contribution in [1.29, 1.82) is 0 Å². The number of benzene rings is 3. The molecule has 5 nitrogen and oxygen atoms in total. The number of ether oxygens (including phenoxy) is 2. The molecule has 1 saturated heterocycles. The van der Waals surface area contributed by atoms with E-state index in [-0.39, 0.29) is 23.7 Å². The summed E-state index contributed by atoms with van der Waals surface area (Å²) in [6.45, 7) is 0. The maximum absolute atomic E-state index is 12.0. The van der Waals surface area contributed by atoms with Crippen molar-refractivity contribution in [2.75, 3.05) is 0 Å². The van der Waals surface area contributed by atoms with E-state index >= 15 is 0 Å². The predicted molar refractivity (Wildman–Crippen MR) is 115 cm³/mol. The van der Waals surface area contributed by atoms with E-state index in [1.165, 1.54) is 5.56 Å². The average Bonchev–Trinajstić information content (AvgIpc) is 3.32. The van der Waals surface area contributed by atoms with Gasteiger partial charge in [0, 0.05) is 12.0 Å². The average molecular weight is 420 g/mol. The molecule has 6 heteroatoms. The summed E-state index contributed by atoms with van der Waals surface area (Å²) in [6, 6.07) is 23.4. The summed E-state index contributed by atoms with van der Waals surface area (Å²) in [5.74, 6) is 2.29. The summed E-state index contributed by atoms with van der Waals surface area (Å²) < 4.78 is 26.8. The normalized spacial score (nSPS) is 22.4. The van der Waals surface area contributed by atoms with Crippen LogP contribution in [-0.2, 0) is 22.2 Å². The van der Waals surface area contributed by atoms with Crippen LogP contribution in [0.3, 0.4) is 0 Å². The Kier molecular flexibility index (Phi) is 5.01. The molecule has 30 heavy (non-hydrogen) atoms. The highest BCUT2D eigenvalue weighted by Crippen LogP contribution is 2.41. The van der Waals surface area contributed by atoms with Gasteiger partial charge in [0.05, 0.1) is 5.25 Å². The molecule has 2 aliphatic rings. The van der Waals surface area contributed by atoms with Crippen LogP contribution in [0.5, 0.6) is 17.2 Å². The van der Waals surface area contributed by atoms with Gasteiger partial charge in [-0.05, 0) is 54.3 Å². The third kappa shape index (κ3) is 3.71. The number of rotatable bonds is 5. The minimum Gasteiger partial charge on any atom is -0.486 e. The predicted octanol–water partition coefficient (Wildman–Crippen LogP) is 4.77. The second-order valence-corrected chi connectivity index (χ2v) is 8.84. The molecule has 0 saturated carbocycles. The van der Waals surface area contributed by atoms with Gasteiger partial charge in [-0.25, -0.2) is 4.21 Å². The zero-order valence-electron chi connectivity index (χ0n) is 16.2. The van der Waals surface area contributed by atoms with E-state index in [0.717, 1.165) is 41.2 Å². The van der Waals surface area contributed by atoms with Crippen molar-refractivity contribution in [2.24, 2.45) is 0 Å². The number of nitrogens with one attached hydrogen (secondary N) is 1. The number of fused-ring (bicyclic) bond motifs is 1. The smallest absolute Gasteiger partial charge is 0.233 e. The van der Waals surface area contributed by atoms with Gasteiger partial charge >= 0.3 is 0 Å². The number of para-hydroxylation sites is 1. The lowest BCUT2D eigenvalue weighted by atomic mass is 10.1. The van der Waals surface area contributed by atoms with Gasteiger partial charge in [-0.1, -0.05) is 42.5 Å². The van der Waals surface area contributed by atoms with E-state index in [2.05, 4.69) is 10.8 Å². The molecule has 152 valence electrons. The highest BCUT2D eigenvalue weighted by Gasteiger charge is 2.31. The fourth-order valence-electron chi connectivity index (χ4n) is 4.05. The first-order chi connectivity index (χ1) is 14.7. The Bertz CT molecular complexity index is 1100. The molecule has 5 rings (SSSR count). The Balaban J connectivity index is 1.31. The molecular formula is C24H21NO4S. The molecule has 1 aliphatic heterocycles. The Morgan fingerprint density at radius 1 is 0.900 bits per heavy atom.